The first-order valence-electron chi connectivity index (χ1n) is 8.33. The van der Waals surface area contributed by atoms with Crippen LogP contribution in [0, 0.1) is 0 Å². The molecular formula is C19H26N2O. The van der Waals surface area contributed by atoms with E-state index in [1.165, 1.54) is 5.57 Å². The van der Waals surface area contributed by atoms with Crippen molar-refractivity contribution in [3.8, 4) is 0 Å². The summed E-state index contributed by atoms with van der Waals surface area (Å²) in [5.74, 6) is 0.245. The van der Waals surface area contributed by atoms with E-state index >= 15 is 0 Å². The van der Waals surface area contributed by atoms with Gasteiger partial charge < -0.3 is 5.32 Å². The van der Waals surface area contributed by atoms with Gasteiger partial charge in [-0.3, -0.25) is 9.69 Å². The Labute approximate surface area is 133 Å². The molecule has 1 amide bonds. The Morgan fingerprint density at radius 2 is 2.00 bits per heavy atom. The SMILES string of the molecule is C/C=C(\C)CN1CCC2(CC1)C[C@H](c1ccccc1)C(=O)N2. The number of carbonyl (C=O) groups is 1. The van der Waals surface area contributed by atoms with Gasteiger partial charge in [-0.25, -0.2) is 0 Å². The lowest BCUT2D eigenvalue weighted by molar-refractivity contribution is -0.121. The van der Waals surface area contributed by atoms with Crippen LogP contribution in [0.15, 0.2) is 42.0 Å². The third-order valence-electron chi connectivity index (χ3n) is 5.28. The van der Waals surface area contributed by atoms with Crippen molar-refractivity contribution in [2.75, 3.05) is 19.6 Å². The van der Waals surface area contributed by atoms with Gasteiger partial charge in [0.25, 0.3) is 0 Å². The molecule has 2 saturated heterocycles. The number of piperidine rings is 1. The number of likely N-dealkylation sites (tertiary alicyclic amines) is 1. The van der Waals surface area contributed by atoms with E-state index in [1.807, 2.05) is 18.2 Å². The molecule has 2 aliphatic heterocycles. The summed E-state index contributed by atoms with van der Waals surface area (Å²) in [4.78, 5) is 14.9. The molecule has 0 aromatic heterocycles. The molecule has 3 heteroatoms. The molecule has 3 nitrogen and oxygen atoms in total. The van der Waals surface area contributed by atoms with Crippen molar-refractivity contribution in [3.63, 3.8) is 0 Å². The standard InChI is InChI=1S/C19H26N2O/c1-3-15(2)14-21-11-9-19(10-12-21)13-17(18(22)20-19)16-7-5-4-6-8-16/h3-8,17H,9-14H2,1-2H3,(H,20,22)/b15-3+/t17-/m1/s1. The lowest BCUT2D eigenvalue weighted by Gasteiger charge is -2.39. The van der Waals surface area contributed by atoms with Crippen LogP contribution in [-0.4, -0.2) is 36.0 Å². The van der Waals surface area contributed by atoms with Gasteiger partial charge >= 0.3 is 0 Å². The average molecular weight is 298 g/mol. The molecule has 0 bridgehead atoms. The van der Waals surface area contributed by atoms with Crippen LogP contribution in [0.25, 0.3) is 0 Å². The van der Waals surface area contributed by atoms with Crippen molar-refractivity contribution in [1.29, 1.82) is 0 Å². The smallest absolute Gasteiger partial charge is 0.228 e. The van der Waals surface area contributed by atoms with Crippen molar-refractivity contribution in [1.82, 2.24) is 10.2 Å². The largest absolute Gasteiger partial charge is 0.350 e. The number of nitrogens with zero attached hydrogens (tertiary/aromatic N) is 1. The number of nitrogens with one attached hydrogen (secondary N) is 1. The summed E-state index contributed by atoms with van der Waals surface area (Å²) in [5.41, 5.74) is 2.61. The fourth-order valence-corrected chi connectivity index (χ4v) is 3.75. The zero-order chi connectivity index (χ0) is 15.6. The van der Waals surface area contributed by atoms with Crippen molar-refractivity contribution in [3.05, 3.63) is 47.5 Å². The van der Waals surface area contributed by atoms with Gasteiger partial charge in [0.1, 0.15) is 0 Å². The van der Waals surface area contributed by atoms with Gasteiger partial charge in [0.05, 0.1) is 5.92 Å². The molecule has 0 saturated carbocycles. The number of hydrogen-bond donors (Lipinski definition) is 1. The lowest BCUT2D eigenvalue weighted by Crippen LogP contribution is -2.51. The van der Waals surface area contributed by atoms with Crippen LogP contribution in [0.3, 0.4) is 0 Å². The summed E-state index contributed by atoms with van der Waals surface area (Å²) in [7, 11) is 0. The summed E-state index contributed by atoms with van der Waals surface area (Å²) in [6.45, 7) is 7.50. The first-order chi connectivity index (χ1) is 10.6. The number of amides is 1. The number of allylic oxidation sites excluding steroid dienone is 1. The highest BCUT2D eigenvalue weighted by molar-refractivity contribution is 5.87. The number of hydrogen-bond acceptors (Lipinski definition) is 2. The summed E-state index contributed by atoms with van der Waals surface area (Å²) < 4.78 is 0. The van der Waals surface area contributed by atoms with Crippen molar-refractivity contribution < 1.29 is 4.79 Å². The van der Waals surface area contributed by atoms with Gasteiger partial charge in [-0.05, 0) is 38.7 Å². The summed E-state index contributed by atoms with van der Waals surface area (Å²) in [5, 5.41) is 3.33. The molecule has 2 heterocycles. The number of carbonyl (C=O) groups excluding carboxylic acids is 1. The average Bonchev–Trinajstić information content (AvgIpc) is 2.87. The minimum atomic E-state index is 0.0257. The van der Waals surface area contributed by atoms with Crippen LogP contribution in [0.1, 0.15) is 44.6 Å². The molecule has 22 heavy (non-hydrogen) atoms. The molecule has 0 radical (unpaired) electrons. The van der Waals surface area contributed by atoms with Crippen molar-refractivity contribution in [2.24, 2.45) is 0 Å². The van der Waals surface area contributed by atoms with E-state index in [9.17, 15) is 4.79 Å². The molecule has 1 spiro atoms. The van der Waals surface area contributed by atoms with Gasteiger partial charge in [0, 0.05) is 25.2 Å². The molecule has 1 aromatic rings. The van der Waals surface area contributed by atoms with E-state index in [4.69, 9.17) is 0 Å². The molecule has 1 atom stereocenters. The Kier molecular flexibility index (Phi) is 4.34. The molecule has 0 aliphatic carbocycles. The predicted molar refractivity (Wildman–Crippen MR) is 89.8 cm³/mol. The Morgan fingerprint density at radius 3 is 2.64 bits per heavy atom. The van der Waals surface area contributed by atoms with Crippen molar-refractivity contribution >= 4 is 5.91 Å². The van der Waals surface area contributed by atoms with E-state index in [-0.39, 0.29) is 17.4 Å². The third-order valence-corrected chi connectivity index (χ3v) is 5.28. The molecule has 2 aliphatic rings. The highest BCUT2D eigenvalue weighted by atomic mass is 16.2. The quantitative estimate of drug-likeness (QED) is 0.870. The third kappa shape index (κ3) is 3.09. The lowest BCUT2D eigenvalue weighted by atomic mass is 9.82. The highest BCUT2D eigenvalue weighted by Gasteiger charge is 2.45. The normalized spacial score (nSPS) is 25.5. The first-order valence-corrected chi connectivity index (χ1v) is 8.33. The fourth-order valence-electron chi connectivity index (χ4n) is 3.75. The van der Waals surface area contributed by atoms with Crippen LogP contribution in [0.4, 0.5) is 0 Å². The van der Waals surface area contributed by atoms with E-state index in [0.717, 1.165) is 44.5 Å². The van der Waals surface area contributed by atoms with E-state index < -0.39 is 0 Å². The second-order valence-electron chi connectivity index (χ2n) is 6.85. The van der Waals surface area contributed by atoms with Crippen LogP contribution < -0.4 is 5.32 Å². The summed E-state index contributed by atoms with van der Waals surface area (Å²) >= 11 is 0. The van der Waals surface area contributed by atoms with Gasteiger partial charge in [-0.2, -0.15) is 0 Å². The Morgan fingerprint density at radius 1 is 1.32 bits per heavy atom. The van der Waals surface area contributed by atoms with Crippen molar-refractivity contribution in [2.45, 2.75) is 44.6 Å². The molecule has 0 unspecified atom stereocenters. The molecular weight excluding hydrogens is 272 g/mol. The van der Waals surface area contributed by atoms with Crippen LogP contribution in [0.5, 0.6) is 0 Å². The number of benzene rings is 1. The van der Waals surface area contributed by atoms with Gasteiger partial charge in [0.15, 0.2) is 0 Å². The van der Waals surface area contributed by atoms with Crippen LogP contribution >= 0.6 is 0 Å². The molecule has 118 valence electrons. The Bertz CT molecular complexity index is 556. The maximum absolute atomic E-state index is 12.4. The van der Waals surface area contributed by atoms with E-state index in [2.05, 4.69) is 42.3 Å². The van der Waals surface area contributed by atoms with Crippen LogP contribution in [-0.2, 0) is 4.79 Å². The maximum atomic E-state index is 12.4. The van der Waals surface area contributed by atoms with Gasteiger partial charge in [0.2, 0.25) is 5.91 Å². The first kappa shape index (κ1) is 15.3. The topological polar surface area (TPSA) is 32.3 Å². The molecule has 3 rings (SSSR count). The van der Waals surface area contributed by atoms with Gasteiger partial charge in [-0.1, -0.05) is 42.0 Å². The summed E-state index contributed by atoms with van der Waals surface area (Å²) in [6, 6.07) is 10.2. The Balaban J connectivity index is 1.64. The summed E-state index contributed by atoms with van der Waals surface area (Å²) in [6.07, 6.45) is 5.28. The fraction of sp³-hybridized carbons (Fsp3) is 0.526. The van der Waals surface area contributed by atoms with Crippen LogP contribution in [0.2, 0.25) is 0 Å². The molecule has 1 aromatic carbocycles. The van der Waals surface area contributed by atoms with E-state index in [1.54, 1.807) is 0 Å². The Hall–Kier alpha value is -1.61. The predicted octanol–water partition coefficient (Wildman–Crippen LogP) is 3.09. The highest BCUT2D eigenvalue weighted by Crippen LogP contribution is 2.39. The minimum absolute atomic E-state index is 0.0257. The zero-order valence-electron chi connectivity index (χ0n) is 13.6. The molecule has 2 fully saturated rings. The molecule has 1 N–H and O–H groups in total. The number of rotatable bonds is 3. The van der Waals surface area contributed by atoms with Gasteiger partial charge in [-0.15, -0.1) is 0 Å². The maximum Gasteiger partial charge on any atom is 0.228 e. The van der Waals surface area contributed by atoms with E-state index in [0.29, 0.717) is 0 Å². The zero-order valence-corrected chi connectivity index (χ0v) is 13.6. The second-order valence-corrected chi connectivity index (χ2v) is 6.85. The monoisotopic (exact) mass is 298 g/mol. The minimum Gasteiger partial charge on any atom is -0.350 e. The second kappa shape index (κ2) is 6.25.